The number of aryl methyl sites for hydroxylation is 2. The zero-order chi connectivity index (χ0) is 18.6. The molecule has 0 aliphatic carbocycles. The van der Waals surface area contributed by atoms with Gasteiger partial charge in [0, 0.05) is 12.1 Å². The third kappa shape index (κ3) is 4.41. The van der Waals surface area contributed by atoms with E-state index >= 15 is 0 Å². The number of ether oxygens (including phenoxy) is 2. The Morgan fingerprint density at radius 1 is 1.12 bits per heavy atom. The van der Waals surface area contributed by atoms with Crippen LogP contribution in [-0.4, -0.2) is 25.1 Å². The van der Waals surface area contributed by atoms with Gasteiger partial charge in [-0.2, -0.15) is 0 Å². The molecule has 1 aromatic heterocycles. The molecular weight excluding hydrogens is 322 g/mol. The summed E-state index contributed by atoms with van der Waals surface area (Å²) in [7, 11) is 1.59. The lowest BCUT2D eigenvalue weighted by atomic mass is 10.1. The first kappa shape index (κ1) is 18.6. The minimum absolute atomic E-state index is 0.341. The fraction of sp³-hybridized carbons (Fsp3) is 0.368. The molecule has 25 heavy (non-hydrogen) atoms. The van der Waals surface area contributed by atoms with Crippen molar-refractivity contribution in [3.05, 3.63) is 52.5 Å². The molecule has 2 aromatic rings. The third-order valence-electron chi connectivity index (χ3n) is 4.04. The van der Waals surface area contributed by atoms with E-state index in [4.69, 9.17) is 13.9 Å². The van der Waals surface area contributed by atoms with Crippen molar-refractivity contribution in [1.29, 1.82) is 0 Å². The Bertz CT molecular complexity index is 761. The first-order valence-electron chi connectivity index (χ1n) is 8.01. The first-order valence-corrected chi connectivity index (χ1v) is 8.01. The number of rotatable bonds is 6. The molecule has 0 spiro atoms. The molecule has 0 bridgehead atoms. The van der Waals surface area contributed by atoms with Crippen LogP contribution in [0.4, 0.5) is 0 Å². The van der Waals surface area contributed by atoms with Crippen molar-refractivity contribution in [2.24, 2.45) is 0 Å². The monoisotopic (exact) mass is 345 g/mol. The van der Waals surface area contributed by atoms with Gasteiger partial charge in [-0.25, -0.2) is 4.79 Å². The van der Waals surface area contributed by atoms with E-state index in [0.717, 1.165) is 16.9 Å². The van der Waals surface area contributed by atoms with Gasteiger partial charge in [-0.1, -0.05) is 12.1 Å². The van der Waals surface area contributed by atoms with Crippen LogP contribution in [0.25, 0.3) is 0 Å². The molecule has 6 heteroatoms. The Hall–Kier alpha value is -2.76. The van der Waals surface area contributed by atoms with Gasteiger partial charge in [0.15, 0.2) is 6.10 Å². The maximum Gasteiger partial charge on any atom is 0.342 e. The van der Waals surface area contributed by atoms with Crippen molar-refractivity contribution in [3.63, 3.8) is 0 Å². The van der Waals surface area contributed by atoms with E-state index in [9.17, 15) is 9.59 Å². The molecule has 0 unspecified atom stereocenters. The van der Waals surface area contributed by atoms with E-state index in [1.807, 2.05) is 24.3 Å². The van der Waals surface area contributed by atoms with Crippen LogP contribution in [0.2, 0.25) is 0 Å². The van der Waals surface area contributed by atoms with Crippen LogP contribution < -0.4 is 10.1 Å². The Morgan fingerprint density at radius 2 is 1.76 bits per heavy atom. The normalized spacial score (nSPS) is 11.7. The highest BCUT2D eigenvalue weighted by Crippen LogP contribution is 2.22. The molecule has 1 atom stereocenters. The van der Waals surface area contributed by atoms with E-state index in [0.29, 0.717) is 23.6 Å². The zero-order valence-corrected chi connectivity index (χ0v) is 15.1. The molecule has 1 N–H and O–H groups in total. The van der Waals surface area contributed by atoms with Crippen LogP contribution in [-0.2, 0) is 16.1 Å². The summed E-state index contributed by atoms with van der Waals surface area (Å²) in [5, 5.41) is 2.75. The predicted octanol–water partition coefficient (Wildman–Crippen LogP) is 3.08. The third-order valence-corrected chi connectivity index (χ3v) is 4.04. The maximum absolute atomic E-state index is 12.3. The second-order valence-corrected chi connectivity index (χ2v) is 5.83. The predicted molar refractivity (Wildman–Crippen MR) is 92.6 cm³/mol. The lowest BCUT2D eigenvalue weighted by Crippen LogP contribution is -2.35. The second-order valence-electron chi connectivity index (χ2n) is 5.83. The lowest BCUT2D eigenvalue weighted by Gasteiger charge is -2.14. The number of hydrogen-bond donors (Lipinski definition) is 1. The smallest absolute Gasteiger partial charge is 0.342 e. The average Bonchev–Trinajstić information content (AvgIpc) is 2.85. The fourth-order valence-corrected chi connectivity index (χ4v) is 2.44. The molecule has 0 radical (unpaired) electrons. The summed E-state index contributed by atoms with van der Waals surface area (Å²) >= 11 is 0. The SMILES string of the molecule is COc1ccc(CNC(=O)[C@@H](C)OC(=O)c2c(C)oc(C)c2C)cc1. The van der Waals surface area contributed by atoms with E-state index in [1.165, 1.54) is 0 Å². The van der Waals surface area contributed by atoms with Crippen LogP contribution in [0.3, 0.4) is 0 Å². The molecule has 0 aliphatic rings. The topological polar surface area (TPSA) is 77.8 Å². The minimum atomic E-state index is -0.903. The van der Waals surface area contributed by atoms with Crippen molar-refractivity contribution < 1.29 is 23.5 Å². The molecule has 2 rings (SSSR count). The summed E-state index contributed by atoms with van der Waals surface area (Å²) in [6.07, 6.45) is -0.903. The Kier molecular flexibility index (Phi) is 5.85. The largest absolute Gasteiger partial charge is 0.497 e. The number of carbonyl (C=O) groups is 2. The van der Waals surface area contributed by atoms with E-state index in [1.54, 1.807) is 34.8 Å². The van der Waals surface area contributed by atoms with Crippen LogP contribution in [0.15, 0.2) is 28.7 Å². The highest BCUT2D eigenvalue weighted by atomic mass is 16.5. The minimum Gasteiger partial charge on any atom is -0.497 e. The lowest BCUT2D eigenvalue weighted by molar-refractivity contribution is -0.129. The summed E-state index contributed by atoms with van der Waals surface area (Å²) in [6.45, 7) is 7.15. The summed E-state index contributed by atoms with van der Waals surface area (Å²) in [6, 6.07) is 7.35. The summed E-state index contributed by atoms with van der Waals surface area (Å²) in [5.74, 6) is 0.990. The van der Waals surface area contributed by atoms with Crippen molar-refractivity contribution in [2.45, 2.75) is 40.3 Å². The Labute approximate surface area is 147 Å². The molecule has 1 aromatic carbocycles. The van der Waals surface area contributed by atoms with Gasteiger partial charge in [0.2, 0.25) is 0 Å². The van der Waals surface area contributed by atoms with Crippen molar-refractivity contribution in [1.82, 2.24) is 5.32 Å². The molecule has 1 heterocycles. The molecular formula is C19H23NO5. The first-order chi connectivity index (χ1) is 11.8. The highest BCUT2D eigenvalue weighted by molar-refractivity contribution is 5.94. The average molecular weight is 345 g/mol. The van der Waals surface area contributed by atoms with Gasteiger partial charge in [0.1, 0.15) is 22.8 Å². The summed E-state index contributed by atoms with van der Waals surface area (Å²) < 4.78 is 15.8. The van der Waals surface area contributed by atoms with Gasteiger partial charge in [-0.15, -0.1) is 0 Å². The van der Waals surface area contributed by atoms with Gasteiger partial charge in [0.25, 0.3) is 5.91 Å². The molecule has 134 valence electrons. The summed E-state index contributed by atoms with van der Waals surface area (Å²) in [4.78, 5) is 24.4. The van der Waals surface area contributed by atoms with Gasteiger partial charge >= 0.3 is 5.97 Å². The zero-order valence-electron chi connectivity index (χ0n) is 15.1. The summed E-state index contributed by atoms with van der Waals surface area (Å²) in [5.41, 5.74) is 2.03. The standard InChI is InChI=1S/C19H23NO5/c1-11-12(2)24-13(3)17(11)19(22)25-14(4)18(21)20-10-15-6-8-16(23-5)9-7-15/h6-9,14H,10H2,1-5H3,(H,20,21)/t14-/m1/s1. The quantitative estimate of drug-likeness (QED) is 0.814. The molecule has 0 aliphatic heterocycles. The van der Waals surface area contributed by atoms with E-state index in [-0.39, 0.29) is 5.91 Å². The molecule has 1 amide bonds. The van der Waals surface area contributed by atoms with Crippen molar-refractivity contribution >= 4 is 11.9 Å². The van der Waals surface area contributed by atoms with Gasteiger partial charge in [-0.05, 0) is 45.4 Å². The number of carbonyl (C=O) groups excluding carboxylic acids is 2. The van der Waals surface area contributed by atoms with Crippen LogP contribution >= 0.6 is 0 Å². The van der Waals surface area contributed by atoms with Gasteiger partial charge < -0.3 is 19.2 Å². The number of furan rings is 1. The van der Waals surface area contributed by atoms with Crippen LogP contribution in [0, 0.1) is 20.8 Å². The number of methoxy groups -OCH3 is 1. The van der Waals surface area contributed by atoms with E-state index in [2.05, 4.69) is 5.32 Å². The molecule has 0 fully saturated rings. The Morgan fingerprint density at radius 3 is 2.28 bits per heavy atom. The van der Waals surface area contributed by atoms with Crippen LogP contribution in [0.5, 0.6) is 5.75 Å². The fourth-order valence-electron chi connectivity index (χ4n) is 2.44. The molecule has 6 nitrogen and oxygen atoms in total. The van der Waals surface area contributed by atoms with Gasteiger partial charge in [-0.3, -0.25) is 4.79 Å². The van der Waals surface area contributed by atoms with Crippen molar-refractivity contribution in [3.8, 4) is 5.75 Å². The van der Waals surface area contributed by atoms with Gasteiger partial charge in [0.05, 0.1) is 7.11 Å². The number of amides is 1. The Balaban J connectivity index is 1.92. The number of benzene rings is 1. The second kappa shape index (κ2) is 7.88. The van der Waals surface area contributed by atoms with Crippen molar-refractivity contribution in [2.75, 3.05) is 7.11 Å². The molecule has 0 saturated carbocycles. The maximum atomic E-state index is 12.3. The number of esters is 1. The molecule has 0 saturated heterocycles. The van der Waals surface area contributed by atoms with Crippen LogP contribution in [0.1, 0.15) is 39.9 Å². The number of nitrogens with one attached hydrogen (secondary N) is 1. The van der Waals surface area contributed by atoms with E-state index < -0.39 is 12.1 Å². The number of hydrogen-bond acceptors (Lipinski definition) is 5. The highest BCUT2D eigenvalue weighted by Gasteiger charge is 2.24.